The van der Waals surface area contributed by atoms with Gasteiger partial charge in [-0.05, 0) is 37.5 Å². The van der Waals surface area contributed by atoms with Gasteiger partial charge in [-0.2, -0.15) is 0 Å². The molecule has 31 heavy (non-hydrogen) atoms. The molecule has 0 radical (unpaired) electrons. The number of benzene rings is 2. The topological polar surface area (TPSA) is 81.7 Å². The minimum atomic E-state index is -0.991. The highest BCUT2D eigenvalue weighted by Crippen LogP contribution is 2.23. The summed E-state index contributed by atoms with van der Waals surface area (Å²) in [5.74, 6) is -0.672. The third-order valence-corrected chi connectivity index (χ3v) is 4.94. The van der Waals surface area contributed by atoms with Gasteiger partial charge in [-0.3, -0.25) is 14.4 Å². The second-order valence-corrected chi connectivity index (χ2v) is 7.40. The number of anilines is 1. The van der Waals surface area contributed by atoms with Gasteiger partial charge in [0.05, 0.1) is 19.2 Å². The van der Waals surface area contributed by atoms with Crippen molar-refractivity contribution in [1.82, 2.24) is 0 Å². The van der Waals surface area contributed by atoms with Crippen LogP contribution in [0.1, 0.15) is 61.9 Å². The number of para-hydroxylation sites is 2. The Labute approximate surface area is 183 Å². The molecule has 0 spiro atoms. The predicted molar refractivity (Wildman–Crippen MR) is 120 cm³/mol. The number of ketones is 1. The summed E-state index contributed by atoms with van der Waals surface area (Å²) < 4.78 is 10.4. The number of Topliss-reactive ketones (excluding diaryl/α,β-unsaturated/α-hetero) is 1. The van der Waals surface area contributed by atoms with Crippen LogP contribution in [0.2, 0.25) is 0 Å². The molecule has 0 aliphatic heterocycles. The molecule has 2 rings (SSSR count). The first-order chi connectivity index (χ1) is 14.9. The third-order valence-electron chi connectivity index (χ3n) is 4.94. The van der Waals surface area contributed by atoms with Crippen molar-refractivity contribution in [2.75, 3.05) is 12.4 Å². The van der Waals surface area contributed by atoms with Crippen molar-refractivity contribution in [2.45, 2.75) is 58.5 Å². The first kappa shape index (κ1) is 24.1. The molecule has 2 aromatic carbocycles. The highest BCUT2D eigenvalue weighted by molar-refractivity contribution is 5.98. The van der Waals surface area contributed by atoms with Gasteiger partial charge in [-0.1, -0.05) is 56.2 Å². The number of methoxy groups -OCH3 is 1. The van der Waals surface area contributed by atoms with E-state index in [1.165, 1.54) is 32.4 Å². The number of carbonyl (C=O) groups is 3. The number of amides is 1. The van der Waals surface area contributed by atoms with Crippen LogP contribution < -0.4 is 10.1 Å². The number of carbonyl (C=O) groups excluding carboxylic acids is 3. The number of unbranched alkanes of at least 4 members (excludes halogenated alkanes) is 2. The van der Waals surface area contributed by atoms with Crippen LogP contribution in [0.5, 0.6) is 5.75 Å². The third kappa shape index (κ3) is 7.89. The molecule has 166 valence electrons. The van der Waals surface area contributed by atoms with Gasteiger partial charge in [-0.25, -0.2) is 0 Å². The van der Waals surface area contributed by atoms with E-state index in [4.69, 9.17) is 9.47 Å². The number of nitrogens with one attached hydrogen (secondary N) is 1. The Morgan fingerprint density at radius 2 is 1.68 bits per heavy atom. The second-order valence-electron chi connectivity index (χ2n) is 7.40. The van der Waals surface area contributed by atoms with Gasteiger partial charge in [0.2, 0.25) is 0 Å². The summed E-state index contributed by atoms with van der Waals surface area (Å²) in [6.07, 6.45) is 3.47. The van der Waals surface area contributed by atoms with Crippen molar-refractivity contribution in [2.24, 2.45) is 0 Å². The van der Waals surface area contributed by atoms with Crippen LogP contribution in [0, 0.1) is 0 Å². The highest BCUT2D eigenvalue weighted by atomic mass is 16.5. The summed E-state index contributed by atoms with van der Waals surface area (Å²) >= 11 is 0. The summed E-state index contributed by atoms with van der Waals surface area (Å²) in [6, 6.07) is 14.5. The highest BCUT2D eigenvalue weighted by Gasteiger charge is 2.20. The van der Waals surface area contributed by atoms with E-state index in [1.807, 2.05) is 12.1 Å². The lowest BCUT2D eigenvalue weighted by Crippen LogP contribution is -2.30. The van der Waals surface area contributed by atoms with Crippen molar-refractivity contribution < 1.29 is 23.9 Å². The molecule has 6 heteroatoms. The van der Waals surface area contributed by atoms with E-state index in [1.54, 1.807) is 36.4 Å². The largest absolute Gasteiger partial charge is 0.495 e. The molecule has 0 aliphatic rings. The zero-order chi connectivity index (χ0) is 22.6. The molecule has 6 nitrogen and oxygen atoms in total. The van der Waals surface area contributed by atoms with Crippen LogP contribution >= 0.6 is 0 Å². The van der Waals surface area contributed by atoms with Crippen LogP contribution in [0.3, 0.4) is 0 Å². The zero-order valence-electron chi connectivity index (χ0n) is 18.5. The zero-order valence-corrected chi connectivity index (χ0v) is 18.5. The molecule has 0 saturated heterocycles. The van der Waals surface area contributed by atoms with E-state index in [0.717, 1.165) is 12.8 Å². The van der Waals surface area contributed by atoms with E-state index in [9.17, 15) is 14.4 Å². The maximum Gasteiger partial charge on any atom is 0.307 e. The fourth-order valence-electron chi connectivity index (χ4n) is 3.09. The van der Waals surface area contributed by atoms with Crippen LogP contribution in [-0.2, 0) is 20.7 Å². The maximum atomic E-state index is 12.4. The average molecular weight is 426 g/mol. The minimum Gasteiger partial charge on any atom is -0.495 e. The summed E-state index contributed by atoms with van der Waals surface area (Å²) in [4.78, 5) is 36.7. The fraction of sp³-hybridized carbons (Fsp3) is 0.400. The van der Waals surface area contributed by atoms with Gasteiger partial charge in [0, 0.05) is 12.0 Å². The fourth-order valence-corrected chi connectivity index (χ4v) is 3.09. The summed E-state index contributed by atoms with van der Waals surface area (Å²) in [7, 11) is 1.51. The summed E-state index contributed by atoms with van der Waals surface area (Å²) in [6.45, 7) is 3.65. The minimum absolute atomic E-state index is 0.0366. The van der Waals surface area contributed by atoms with Crippen molar-refractivity contribution in [1.29, 1.82) is 0 Å². The van der Waals surface area contributed by atoms with Crippen molar-refractivity contribution >= 4 is 23.3 Å². The van der Waals surface area contributed by atoms with Crippen LogP contribution in [0.4, 0.5) is 5.69 Å². The van der Waals surface area contributed by atoms with Gasteiger partial charge in [0.25, 0.3) is 5.91 Å². The lowest BCUT2D eigenvalue weighted by atomic mass is 10.0. The van der Waals surface area contributed by atoms with Gasteiger partial charge < -0.3 is 14.8 Å². The smallest absolute Gasteiger partial charge is 0.307 e. The molecule has 0 unspecified atom stereocenters. The lowest BCUT2D eigenvalue weighted by molar-refractivity contribution is -0.153. The van der Waals surface area contributed by atoms with E-state index in [0.29, 0.717) is 17.0 Å². The Balaban J connectivity index is 1.78. The molecule has 0 aliphatic carbocycles. The molecule has 1 atom stereocenters. The number of aryl methyl sites for hydroxylation is 1. The van der Waals surface area contributed by atoms with Crippen LogP contribution in [0.15, 0.2) is 48.5 Å². The summed E-state index contributed by atoms with van der Waals surface area (Å²) in [5.41, 5.74) is 2.28. The van der Waals surface area contributed by atoms with Gasteiger partial charge in [0.1, 0.15) is 5.75 Å². The first-order valence-corrected chi connectivity index (χ1v) is 10.7. The maximum absolute atomic E-state index is 12.4. The monoisotopic (exact) mass is 425 g/mol. The van der Waals surface area contributed by atoms with Crippen molar-refractivity contribution in [3.05, 3.63) is 59.7 Å². The van der Waals surface area contributed by atoms with Gasteiger partial charge in [0.15, 0.2) is 11.9 Å². The number of esters is 1. The number of rotatable bonds is 12. The molecule has 0 bridgehead atoms. The Kier molecular flexibility index (Phi) is 9.75. The Morgan fingerprint density at radius 1 is 0.968 bits per heavy atom. The molecule has 0 saturated carbocycles. The molecule has 1 amide bonds. The molecule has 0 heterocycles. The van der Waals surface area contributed by atoms with Crippen molar-refractivity contribution in [3.8, 4) is 5.75 Å². The SMILES string of the molecule is CCCCCc1ccc(C(=O)CCC(=O)O[C@H](C)C(=O)Nc2ccccc2OC)cc1. The molecule has 2 aromatic rings. The average Bonchev–Trinajstić information content (AvgIpc) is 2.78. The standard InChI is InChI=1S/C25H31NO5/c1-4-5-6-9-19-12-14-20(15-13-19)22(27)16-17-24(28)31-18(2)25(29)26-21-10-7-8-11-23(21)30-3/h7-8,10-15,18H,4-6,9,16-17H2,1-3H3,(H,26,29)/t18-/m1/s1. The van der Waals surface area contributed by atoms with E-state index in [2.05, 4.69) is 12.2 Å². The van der Waals surface area contributed by atoms with E-state index in [-0.39, 0.29) is 18.6 Å². The number of hydrogen-bond acceptors (Lipinski definition) is 5. The van der Waals surface area contributed by atoms with E-state index >= 15 is 0 Å². The number of hydrogen-bond donors (Lipinski definition) is 1. The first-order valence-electron chi connectivity index (χ1n) is 10.7. The van der Waals surface area contributed by atoms with Gasteiger partial charge in [-0.15, -0.1) is 0 Å². The Morgan fingerprint density at radius 3 is 2.35 bits per heavy atom. The predicted octanol–water partition coefficient (Wildman–Crippen LogP) is 4.96. The Bertz CT molecular complexity index is 876. The van der Waals surface area contributed by atoms with Crippen LogP contribution in [0.25, 0.3) is 0 Å². The summed E-state index contributed by atoms with van der Waals surface area (Å²) in [5, 5.41) is 2.67. The van der Waals surface area contributed by atoms with Crippen LogP contribution in [-0.4, -0.2) is 30.9 Å². The molecule has 0 aromatic heterocycles. The number of ether oxygens (including phenoxy) is 2. The molecule has 1 N–H and O–H groups in total. The second kappa shape index (κ2) is 12.5. The molecular formula is C25H31NO5. The Hall–Kier alpha value is -3.15. The van der Waals surface area contributed by atoms with E-state index < -0.39 is 18.0 Å². The quantitative estimate of drug-likeness (QED) is 0.295. The van der Waals surface area contributed by atoms with Gasteiger partial charge >= 0.3 is 5.97 Å². The molecular weight excluding hydrogens is 394 g/mol. The molecule has 0 fully saturated rings. The van der Waals surface area contributed by atoms with Crippen molar-refractivity contribution in [3.63, 3.8) is 0 Å². The lowest BCUT2D eigenvalue weighted by Gasteiger charge is -2.15. The normalized spacial score (nSPS) is 11.5.